The van der Waals surface area contributed by atoms with Gasteiger partial charge in [0.2, 0.25) is 8.32 Å². The number of hydrogen-bond donors (Lipinski definition) is 0. The van der Waals surface area contributed by atoms with E-state index >= 15 is 0 Å². The Morgan fingerprint density at radius 1 is 0.638 bits per heavy atom. The van der Waals surface area contributed by atoms with Crippen LogP contribution in [0.3, 0.4) is 0 Å². The van der Waals surface area contributed by atoms with E-state index < -0.39 is 30.6 Å². The molecule has 4 saturated carbocycles. The fraction of sp³-hybridized carbons (Fsp3) is 0.619. The van der Waals surface area contributed by atoms with Gasteiger partial charge in [-0.3, -0.25) is 0 Å². The average Bonchev–Trinajstić information content (AvgIpc) is 2.84. The fourth-order valence-corrected chi connectivity index (χ4v) is 57.8. The molecule has 1 nitrogen and oxygen atoms in total. The Morgan fingerprint density at radius 3 is 1.43 bits per heavy atom. The van der Waals surface area contributed by atoms with Crippen LogP contribution in [0.25, 0.3) is 11.1 Å². The third-order valence-corrected chi connectivity index (χ3v) is 52.1. The highest BCUT2D eigenvalue weighted by Crippen LogP contribution is 2.68. The summed E-state index contributed by atoms with van der Waals surface area (Å²) < 4.78 is 7.86. The molecule has 4 aliphatic carbocycles. The minimum Gasteiger partial charge on any atom is -0.547 e. The lowest BCUT2D eigenvalue weighted by Crippen LogP contribution is -2.76. The molecule has 256 valence electrons. The molecule has 0 N–H and O–H groups in total. The maximum atomic E-state index is 7.86. The summed E-state index contributed by atoms with van der Waals surface area (Å²) in [7, 11) is -7.16. The molecule has 5 aliphatic rings. The lowest BCUT2D eigenvalue weighted by atomic mass is 9.48. The van der Waals surface area contributed by atoms with E-state index in [1.165, 1.54) is 77.7 Å². The van der Waals surface area contributed by atoms with Crippen LogP contribution < -0.4 is 0 Å². The molecule has 1 atom stereocenters. The largest absolute Gasteiger partial charge is 0.547 e. The maximum absolute atomic E-state index is 7.86. The van der Waals surface area contributed by atoms with Crippen molar-refractivity contribution in [2.45, 2.75) is 145 Å². The minimum atomic E-state index is -1.96. The first kappa shape index (κ1) is 35.4. The first-order valence-electron chi connectivity index (χ1n) is 18.9. The molecule has 0 radical (unpaired) electrons. The third-order valence-electron chi connectivity index (χ3n) is 13.0. The van der Waals surface area contributed by atoms with Gasteiger partial charge in [-0.2, -0.15) is 0 Å². The highest BCUT2D eigenvalue weighted by molar-refractivity contribution is 7.72. The van der Waals surface area contributed by atoms with Crippen LogP contribution in [-0.2, 0) is 4.43 Å². The molecule has 1 heterocycles. The first-order valence-corrected chi connectivity index (χ1v) is 33.5. The zero-order valence-corrected chi connectivity index (χ0v) is 36.8. The highest BCUT2D eigenvalue weighted by atomic mass is 29.6. The highest BCUT2D eigenvalue weighted by Gasteiger charge is 2.66. The monoisotopic (exact) mass is 698 g/mol. The topological polar surface area (TPSA) is 9.23 Å². The van der Waals surface area contributed by atoms with E-state index in [2.05, 4.69) is 130 Å². The summed E-state index contributed by atoms with van der Waals surface area (Å²) in [6.45, 7) is 38.1. The van der Waals surface area contributed by atoms with Crippen molar-refractivity contribution in [3.8, 4) is 0 Å². The second-order valence-corrected chi connectivity index (χ2v) is 51.6. The van der Waals surface area contributed by atoms with Gasteiger partial charge in [0.1, 0.15) is 0 Å². The summed E-state index contributed by atoms with van der Waals surface area (Å²) in [4.78, 5) is 0. The SMILES string of the molecule is Cc1cc(C)c(C2=C[Si]([Si](C)(C)C)([Si](C)(C)C)C2/C(=C(\O[Si](C)(C)C)C23CC4CC(CC(C4)C2)C3)c2c(C)cc(C)cc2C)c(C)c1. The number of aryl methyl sites for hydroxylation is 6. The van der Waals surface area contributed by atoms with E-state index in [1.54, 1.807) is 22.3 Å². The predicted octanol–water partition coefficient (Wildman–Crippen LogP) is 12.6. The van der Waals surface area contributed by atoms with Crippen molar-refractivity contribution in [3.63, 3.8) is 0 Å². The maximum Gasteiger partial charge on any atom is 0.241 e. The van der Waals surface area contributed by atoms with Crippen LogP contribution in [0, 0.1) is 64.7 Å². The molecule has 1 aliphatic heterocycles. The van der Waals surface area contributed by atoms with Crippen LogP contribution in [-0.4, -0.2) is 30.6 Å². The smallest absolute Gasteiger partial charge is 0.241 e. The predicted molar refractivity (Wildman–Crippen MR) is 217 cm³/mol. The molecule has 0 aromatic heterocycles. The normalized spacial score (nSPS) is 29.0. The molecule has 0 saturated heterocycles. The molecule has 0 spiro atoms. The summed E-state index contributed by atoms with van der Waals surface area (Å²) in [5.41, 5.74) is 18.8. The molecule has 0 amide bonds. The van der Waals surface area contributed by atoms with Crippen LogP contribution in [0.15, 0.2) is 35.7 Å². The summed E-state index contributed by atoms with van der Waals surface area (Å²) in [5, 5.41) is 0. The van der Waals surface area contributed by atoms with E-state index in [0.29, 0.717) is 5.54 Å². The molecule has 4 bridgehead atoms. The number of benzene rings is 2. The Kier molecular flexibility index (Phi) is 8.71. The quantitative estimate of drug-likeness (QED) is 0.197. The molecule has 5 heteroatoms. The van der Waals surface area contributed by atoms with Gasteiger partial charge in [-0.25, -0.2) is 0 Å². The Morgan fingerprint density at radius 2 is 1.04 bits per heavy atom. The third kappa shape index (κ3) is 5.85. The number of allylic oxidation sites excluding steroid dienone is 3. The zero-order valence-electron chi connectivity index (χ0n) is 32.8. The van der Waals surface area contributed by atoms with Crippen molar-refractivity contribution in [1.29, 1.82) is 0 Å². The van der Waals surface area contributed by atoms with Crippen LogP contribution in [0.2, 0.25) is 64.5 Å². The van der Waals surface area contributed by atoms with Gasteiger partial charge in [0.25, 0.3) is 0 Å². The summed E-state index contributed by atoms with van der Waals surface area (Å²) in [6.07, 6.45) is 8.47. The van der Waals surface area contributed by atoms with E-state index in [4.69, 9.17) is 4.43 Å². The zero-order chi connectivity index (χ0) is 34.6. The number of rotatable bonds is 8. The van der Waals surface area contributed by atoms with Crippen molar-refractivity contribution in [3.05, 3.63) is 80.2 Å². The van der Waals surface area contributed by atoms with Crippen LogP contribution in [0.5, 0.6) is 0 Å². The van der Waals surface area contributed by atoms with Crippen molar-refractivity contribution < 1.29 is 4.43 Å². The number of hydrogen-bond acceptors (Lipinski definition) is 1. The van der Waals surface area contributed by atoms with Gasteiger partial charge in [0.15, 0.2) is 0 Å². The van der Waals surface area contributed by atoms with Crippen molar-refractivity contribution >= 4 is 41.8 Å². The van der Waals surface area contributed by atoms with E-state index in [9.17, 15) is 0 Å². The van der Waals surface area contributed by atoms with Crippen LogP contribution in [0.4, 0.5) is 0 Å². The van der Waals surface area contributed by atoms with Gasteiger partial charge >= 0.3 is 0 Å². The molecular formula is C42H66OSi4. The molecule has 1 unspecified atom stereocenters. The van der Waals surface area contributed by atoms with Crippen LogP contribution >= 0.6 is 0 Å². The van der Waals surface area contributed by atoms with Gasteiger partial charge in [-0.15, -0.1) is 0 Å². The summed E-state index contributed by atoms with van der Waals surface area (Å²) in [5.74, 6) is 4.17. The van der Waals surface area contributed by atoms with Gasteiger partial charge in [-0.1, -0.05) is 80.4 Å². The van der Waals surface area contributed by atoms with Crippen molar-refractivity contribution in [2.75, 3.05) is 0 Å². The molecule has 47 heavy (non-hydrogen) atoms. The average molecular weight is 699 g/mol. The van der Waals surface area contributed by atoms with Gasteiger partial charge < -0.3 is 4.43 Å². The van der Waals surface area contributed by atoms with E-state index in [1.807, 2.05) is 0 Å². The van der Waals surface area contributed by atoms with Crippen molar-refractivity contribution in [1.82, 2.24) is 0 Å². The first-order chi connectivity index (χ1) is 21.6. The summed E-state index contributed by atoms with van der Waals surface area (Å²) >= 11 is 0. The second-order valence-electron chi connectivity index (χ2n) is 20.1. The Bertz CT molecular complexity index is 1560. The lowest BCUT2D eigenvalue weighted by molar-refractivity contribution is -0.0479. The van der Waals surface area contributed by atoms with E-state index in [0.717, 1.165) is 17.8 Å². The Hall–Kier alpha value is -1.41. The minimum absolute atomic E-state index is 0.200. The lowest BCUT2D eigenvalue weighted by Gasteiger charge is -2.63. The van der Waals surface area contributed by atoms with Gasteiger partial charge in [0, 0.05) is 31.7 Å². The molecule has 2 aromatic rings. The van der Waals surface area contributed by atoms with Crippen molar-refractivity contribution in [2.24, 2.45) is 23.2 Å². The van der Waals surface area contributed by atoms with E-state index in [-0.39, 0.29) is 5.41 Å². The second kappa shape index (κ2) is 11.6. The van der Waals surface area contributed by atoms with Crippen LogP contribution in [0.1, 0.15) is 83.0 Å². The molecule has 4 fully saturated rings. The molecule has 2 aromatic carbocycles. The molecule has 7 rings (SSSR count). The molecular weight excluding hydrogens is 633 g/mol. The fourth-order valence-electron chi connectivity index (χ4n) is 12.4. The standard InChI is InChI=1S/C42H66OSi4/c1-27-16-29(3)37(30(4)17-27)36-26-47(45(10,11)12,46(13,14)15)40(36)39(38-31(5)18-28(2)19-32(38)6)41(43-44(7,8)9)42-23-33-20-34(24-42)22-35(21-33)25-42/h16-19,26,33-35,40H,20-25H2,1-15H3/b41-39-. The Balaban J connectivity index is 1.79. The van der Waals surface area contributed by atoms with Gasteiger partial charge in [0.05, 0.1) is 12.9 Å². The van der Waals surface area contributed by atoms with Gasteiger partial charge in [-0.05, 0) is 156 Å². The summed E-state index contributed by atoms with van der Waals surface area (Å²) in [6, 6.07) is 9.89. The Labute approximate surface area is 292 Å².